The van der Waals surface area contributed by atoms with Crippen LogP contribution in [-0.2, 0) is 0 Å². The van der Waals surface area contributed by atoms with Crippen molar-refractivity contribution in [1.29, 1.82) is 0 Å². The van der Waals surface area contributed by atoms with Gasteiger partial charge in [-0.25, -0.2) is 4.98 Å². The Labute approximate surface area is 77.7 Å². The average molecular weight is 175 g/mol. The minimum Gasteiger partial charge on any atom is -0.384 e. The third-order valence-corrected chi connectivity index (χ3v) is 2.24. The molecule has 1 aromatic rings. The highest BCUT2D eigenvalue weighted by atomic mass is 14.8. The smallest absolute Gasteiger partial charge is 0.123 e. The molecule has 2 rings (SSSR count). The highest BCUT2D eigenvalue weighted by Crippen LogP contribution is 2.13. The van der Waals surface area contributed by atoms with Gasteiger partial charge in [-0.05, 0) is 31.4 Å². The predicted octanol–water partition coefficient (Wildman–Crippen LogP) is 1.64. The normalized spacial score (nSPS) is 16.8. The fourth-order valence-corrected chi connectivity index (χ4v) is 1.51. The Morgan fingerprint density at radius 1 is 1.23 bits per heavy atom. The fraction of sp³-hybridized carbons (Fsp3) is 0.400. The molecule has 3 nitrogen and oxygen atoms in total. The third kappa shape index (κ3) is 1.86. The van der Waals surface area contributed by atoms with Crippen LogP contribution in [0.2, 0.25) is 0 Å². The van der Waals surface area contributed by atoms with Gasteiger partial charge in [0.1, 0.15) is 5.82 Å². The number of hydrogen-bond acceptors (Lipinski definition) is 3. The Hall–Kier alpha value is -1.38. The Balaban J connectivity index is 2.24. The summed E-state index contributed by atoms with van der Waals surface area (Å²) in [5, 5.41) is 0. The molecule has 0 unspecified atom stereocenters. The van der Waals surface area contributed by atoms with E-state index in [1.807, 2.05) is 12.1 Å². The van der Waals surface area contributed by atoms with Crippen LogP contribution < -0.4 is 5.73 Å². The van der Waals surface area contributed by atoms with Crippen molar-refractivity contribution in [2.75, 3.05) is 12.3 Å². The van der Waals surface area contributed by atoms with Crippen LogP contribution in [0.15, 0.2) is 23.3 Å². The van der Waals surface area contributed by atoms with Gasteiger partial charge in [-0.2, -0.15) is 0 Å². The van der Waals surface area contributed by atoms with Crippen LogP contribution in [0.25, 0.3) is 0 Å². The van der Waals surface area contributed by atoms with Gasteiger partial charge in [0, 0.05) is 24.0 Å². The molecule has 0 amide bonds. The molecule has 0 atom stereocenters. The first kappa shape index (κ1) is 8.23. The Morgan fingerprint density at radius 3 is 2.77 bits per heavy atom. The van der Waals surface area contributed by atoms with Crippen molar-refractivity contribution in [1.82, 2.24) is 4.98 Å². The van der Waals surface area contributed by atoms with Crippen LogP contribution in [-0.4, -0.2) is 17.2 Å². The number of pyridine rings is 1. The number of aliphatic imine (C=N–C) groups is 1. The van der Waals surface area contributed by atoms with Crippen molar-refractivity contribution < 1.29 is 0 Å². The van der Waals surface area contributed by atoms with Gasteiger partial charge in [-0.15, -0.1) is 0 Å². The van der Waals surface area contributed by atoms with Gasteiger partial charge in [-0.3, -0.25) is 4.99 Å². The standard InChI is InChI=1S/C10H13N3/c11-10-5-4-8(7-13-10)9-3-1-2-6-12-9/h4-5,7H,1-3,6H2,(H2,11,13). The van der Waals surface area contributed by atoms with Crippen LogP contribution in [0, 0.1) is 0 Å². The predicted molar refractivity (Wildman–Crippen MR) is 53.9 cm³/mol. The van der Waals surface area contributed by atoms with E-state index in [0.717, 1.165) is 18.5 Å². The van der Waals surface area contributed by atoms with Gasteiger partial charge in [0.2, 0.25) is 0 Å². The zero-order valence-electron chi connectivity index (χ0n) is 7.53. The molecule has 0 aliphatic carbocycles. The van der Waals surface area contributed by atoms with E-state index in [1.165, 1.54) is 18.6 Å². The summed E-state index contributed by atoms with van der Waals surface area (Å²) >= 11 is 0. The molecule has 0 radical (unpaired) electrons. The summed E-state index contributed by atoms with van der Waals surface area (Å²) in [5.41, 5.74) is 7.80. The summed E-state index contributed by atoms with van der Waals surface area (Å²) in [7, 11) is 0. The van der Waals surface area contributed by atoms with E-state index in [-0.39, 0.29) is 0 Å². The summed E-state index contributed by atoms with van der Waals surface area (Å²) in [4.78, 5) is 8.52. The van der Waals surface area contributed by atoms with Crippen molar-refractivity contribution in [2.24, 2.45) is 4.99 Å². The number of aromatic nitrogens is 1. The Kier molecular flexibility index (Phi) is 2.25. The lowest BCUT2D eigenvalue weighted by Crippen LogP contribution is -2.08. The molecule has 68 valence electrons. The van der Waals surface area contributed by atoms with Crippen LogP contribution in [0.1, 0.15) is 24.8 Å². The van der Waals surface area contributed by atoms with Gasteiger partial charge in [-0.1, -0.05) is 0 Å². The number of anilines is 1. The van der Waals surface area contributed by atoms with Crippen molar-refractivity contribution >= 4 is 11.5 Å². The number of nitrogens with two attached hydrogens (primary N) is 1. The monoisotopic (exact) mass is 175 g/mol. The minimum absolute atomic E-state index is 0.570. The van der Waals surface area contributed by atoms with Crippen molar-refractivity contribution in [3.8, 4) is 0 Å². The van der Waals surface area contributed by atoms with Gasteiger partial charge in [0.25, 0.3) is 0 Å². The second-order valence-corrected chi connectivity index (χ2v) is 3.26. The van der Waals surface area contributed by atoms with Crippen LogP contribution in [0.4, 0.5) is 5.82 Å². The highest BCUT2D eigenvalue weighted by Gasteiger charge is 2.07. The summed E-state index contributed by atoms with van der Waals surface area (Å²) in [6.07, 6.45) is 5.33. The van der Waals surface area contributed by atoms with Crippen LogP contribution in [0.5, 0.6) is 0 Å². The quantitative estimate of drug-likeness (QED) is 0.705. The molecule has 0 saturated heterocycles. The number of hydrogen-bond donors (Lipinski definition) is 1. The van der Waals surface area contributed by atoms with E-state index in [9.17, 15) is 0 Å². The molecular weight excluding hydrogens is 162 g/mol. The number of nitrogens with zero attached hydrogens (tertiary/aromatic N) is 2. The zero-order chi connectivity index (χ0) is 9.10. The van der Waals surface area contributed by atoms with Gasteiger partial charge >= 0.3 is 0 Å². The molecule has 0 bridgehead atoms. The SMILES string of the molecule is Nc1ccc(C2=NCCCC2)cn1. The van der Waals surface area contributed by atoms with E-state index in [0.29, 0.717) is 5.82 Å². The maximum Gasteiger partial charge on any atom is 0.123 e. The topological polar surface area (TPSA) is 51.3 Å². The molecule has 2 heterocycles. The van der Waals surface area contributed by atoms with Gasteiger partial charge in [0.15, 0.2) is 0 Å². The molecule has 0 fully saturated rings. The van der Waals surface area contributed by atoms with E-state index >= 15 is 0 Å². The van der Waals surface area contributed by atoms with Crippen molar-refractivity contribution in [3.63, 3.8) is 0 Å². The molecule has 3 heteroatoms. The summed E-state index contributed by atoms with van der Waals surface area (Å²) in [6.45, 7) is 0.958. The largest absolute Gasteiger partial charge is 0.384 e. The van der Waals surface area contributed by atoms with Gasteiger partial charge in [0.05, 0.1) is 0 Å². The van der Waals surface area contributed by atoms with Crippen molar-refractivity contribution in [2.45, 2.75) is 19.3 Å². The van der Waals surface area contributed by atoms with Crippen molar-refractivity contribution in [3.05, 3.63) is 23.9 Å². The molecule has 1 aliphatic heterocycles. The maximum absolute atomic E-state index is 5.51. The summed E-state index contributed by atoms with van der Waals surface area (Å²) < 4.78 is 0. The summed E-state index contributed by atoms with van der Waals surface area (Å²) in [5.74, 6) is 0.570. The minimum atomic E-state index is 0.570. The number of rotatable bonds is 1. The van der Waals surface area contributed by atoms with E-state index < -0.39 is 0 Å². The van der Waals surface area contributed by atoms with E-state index in [2.05, 4.69) is 9.98 Å². The fourth-order valence-electron chi connectivity index (χ4n) is 1.51. The molecular formula is C10H13N3. The first-order chi connectivity index (χ1) is 6.36. The third-order valence-electron chi connectivity index (χ3n) is 2.24. The molecule has 0 spiro atoms. The highest BCUT2D eigenvalue weighted by molar-refractivity contribution is 6.00. The Bertz CT molecular complexity index is 313. The molecule has 1 aliphatic rings. The lowest BCUT2D eigenvalue weighted by Gasteiger charge is -2.11. The first-order valence-electron chi connectivity index (χ1n) is 4.61. The van der Waals surface area contributed by atoms with E-state index in [4.69, 9.17) is 5.73 Å². The molecule has 1 aromatic heterocycles. The van der Waals surface area contributed by atoms with E-state index in [1.54, 1.807) is 6.20 Å². The second-order valence-electron chi connectivity index (χ2n) is 3.26. The number of nitrogen functional groups attached to an aromatic ring is 1. The summed E-state index contributed by atoms with van der Waals surface area (Å²) in [6, 6.07) is 3.82. The molecule has 0 saturated carbocycles. The molecule has 2 N–H and O–H groups in total. The zero-order valence-corrected chi connectivity index (χ0v) is 7.53. The Morgan fingerprint density at radius 2 is 2.15 bits per heavy atom. The lowest BCUT2D eigenvalue weighted by molar-refractivity contribution is 0.738. The molecule has 0 aromatic carbocycles. The van der Waals surface area contributed by atoms with Crippen LogP contribution >= 0.6 is 0 Å². The first-order valence-corrected chi connectivity index (χ1v) is 4.61. The maximum atomic E-state index is 5.51. The lowest BCUT2D eigenvalue weighted by atomic mass is 10.0. The van der Waals surface area contributed by atoms with Gasteiger partial charge < -0.3 is 5.73 Å². The average Bonchev–Trinajstić information content (AvgIpc) is 2.20. The second kappa shape index (κ2) is 3.56. The van der Waals surface area contributed by atoms with Crippen LogP contribution in [0.3, 0.4) is 0 Å². The molecule has 13 heavy (non-hydrogen) atoms.